The van der Waals surface area contributed by atoms with Crippen LogP contribution in [0, 0.1) is 11.8 Å². The van der Waals surface area contributed by atoms with Crippen LogP contribution in [0.2, 0.25) is 0 Å². The summed E-state index contributed by atoms with van der Waals surface area (Å²) in [6.45, 7) is 8.44. The highest BCUT2D eigenvalue weighted by atomic mass is 79.9. The van der Waals surface area contributed by atoms with Gasteiger partial charge in [-0.3, -0.25) is 4.79 Å². The second kappa shape index (κ2) is 7.40. The summed E-state index contributed by atoms with van der Waals surface area (Å²) in [6, 6.07) is 0. The molecule has 1 aliphatic heterocycles. The van der Waals surface area contributed by atoms with Gasteiger partial charge in [0.05, 0.1) is 0 Å². The molecule has 0 aromatic carbocycles. The van der Waals surface area contributed by atoms with Gasteiger partial charge in [0, 0.05) is 23.8 Å². The first kappa shape index (κ1) is 15.0. The first-order valence-corrected chi connectivity index (χ1v) is 7.94. The van der Waals surface area contributed by atoms with Crippen molar-refractivity contribution in [1.29, 1.82) is 0 Å². The van der Waals surface area contributed by atoms with Gasteiger partial charge in [0.25, 0.3) is 0 Å². The van der Waals surface area contributed by atoms with E-state index in [0.29, 0.717) is 16.7 Å². The van der Waals surface area contributed by atoms with Crippen molar-refractivity contribution in [1.82, 2.24) is 4.90 Å². The Morgan fingerprint density at radius 1 is 1.35 bits per heavy atom. The van der Waals surface area contributed by atoms with Crippen LogP contribution in [0.5, 0.6) is 0 Å². The fourth-order valence-corrected chi connectivity index (χ4v) is 3.18. The maximum Gasteiger partial charge on any atom is 0.225 e. The lowest BCUT2D eigenvalue weighted by Crippen LogP contribution is -2.46. The first-order valence-electron chi connectivity index (χ1n) is 7.02. The number of carbonyl (C=O) groups is 1. The number of nitrogens with zero attached hydrogens (tertiary/aromatic N) is 1. The van der Waals surface area contributed by atoms with Crippen molar-refractivity contribution in [2.45, 2.75) is 57.7 Å². The Kier molecular flexibility index (Phi) is 6.53. The van der Waals surface area contributed by atoms with Gasteiger partial charge in [-0.25, -0.2) is 0 Å². The smallest absolute Gasteiger partial charge is 0.225 e. The van der Waals surface area contributed by atoms with Crippen LogP contribution in [0.25, 0.3) is 0 Å². The van der Waals surface area contributed by atoms with Gasteiger partial charge in [0.15, 0.2) is 0 Å². The summed E-state index contributed by atoms with van der Waals surface area (Å²) in [5.74, 6) is 1.35. The monoisotopic (exact) mass is 303 g/mol. The third-order valence-electron chi connectivity index (χ3n) is 3.80. The molecular formula is C14H26BrNO. The Morgan fingerprint density at radius 2 is 1.94 bits per heavy atom. The van der Waals surface area contributed by atoms with Gasteiger partial charge in [0.2, 0.25) is 5.91 Å². The summed E-state index contributed by atoms with van der Waals surface area (Å²) in [5, 5.41) is 0. The molecule has 2 atom stereocenters. The molecule has 0 radical (unpaired) electrons. The Hall–Kier alpha value is -0.0500. The fourth-order valence-electron chi connectivity index (χ4n) is 2.57. The van der Waals surface area contributed by atoms with E-state index in [0.717, 1.165) is 45.2 Å². The molecule has 1 fully saturated rings. The number of amides is 1. The maximum absolute atomic E-state index is 12.4. The van der Waals surface area contributed by atoms with Gasteiger partial charge in [-0.05, 0) is 25.2 Å². The number of hydrogen-bond donors (Lipinski definition) is 0. The van der Waals surface area contributed by atoms with E-state index in [-0.39, 0.29) is 5.92 Å². The Morgan fingerprint density at radius 3 is 2.41 bits per heavy atom. The largest absolute Gasteiger partial charge is 0.341 e. The minimum atomic E-state index is 0.262. The summed E-state index contributed by atoms with van der Waals surface area (Å²) >= 11 is 3.70. The lowest BCUT2D eigenvalue weighted by atomic mass is 9.93. The highest BCUT2D eigenvalue weighted by Gasteiger charge is 2.30. The highest BCUT2D eigenvalue weighted by molar-refractivity contribution is 9.09. The van der Waals surface area contributed by atoms with Gasteiger partial charge < -0.3 is 4.90 Å². The van der Waals surface area contributed by atoms with Gasteiger partial charge in [-0.1, -0.05) is 49.5 Å². The molecule has 2 unspecified atom stereocenters. The van der Waals surface area contributed by atoms with Crippen molar-refractivity contribution in [3.05, 3.63) is 0 Å². The normalized spacial score (nSPS) is 25.4. The second-order valence-electron chi connectivity index (χ2n) is 5.34. The Labute approximate surface area is 114 Å². The molecule has 0 aromatic heterocycles. The van der Waals surface area contributed by atoms with Crippen LogP contribution in [-0.4, -0.2) is 28.7 Å². The van der Waals surface area contributed by atoms with Crippen LogP contribution in [0.4, 0.5) is 0 Å². The topological polar surface area (TPSA) is 20.3 Å². The maximum atomic E-state index is 12.4. The van der Waals surface area contributed by atoms with Crippen molar-refractivity contribution in [2.24, 2.45) is 11.8 Å². The average Bonchev–Trinajstić information content (AvgIpc) is 2.31. The number of piperidine rings is 1. The van der Waals surface area contributed by atoms with Crippen LogP contribution < -0.4 is 0 Å². The van der Waals surface area contributed by atoms with Crippen LogP contribution in [-0.2, 0) is 4.79 Å². The van der Waals surface area contributed by atoms with E-state index in [1.807, 2.05) is 0 Å². The second-order valence-corrected chi connectivity index (χ2v) is 6.52. The summed E-state index contributed by atoms with van der Waals surface area (Å²) in [4.78, 5) is 15.0. The SMILES string of the molecule is CCCC(CCC)C(=O)N1CCC(C)C(Br)C1. The van der Waals surface area contributed by atoms with Crippen LogP contribution >= 0.6 is 15.9 Å². The van der Waals surface area contributed by atoms with E-state index in [2.05, 4.69) is 41.6 Å². The van der Waals surface area contributed by atoms with Crippen molar-refractivity contribution >= 4 is 21.8 Å². The molecule has 0 N–H and O–H groups in total. The van der Waals surface area contributed by atoms with E-state index < -0.39 is 0 Å². The van der Waals surface area contributed by atoms with Crippen LogP contribution in [0.3, 0.4) is 0 Å². The van der Waals surface area contributed by atoms with E-state index in [1.165, 1.54) is 0 Å². The minimum absolute atomic E-state index is 0.262. The number of carbonyl (C=O) groups excluding carboxylic acids is 1. The number of likely N-dealkylation sites (tertiary alicyclic amines) is 1. The summed E-state index contributed by atoms with van der Waals surface area (Å²) in [6.07, 6.45) is 5.45. The van der Waals surface area contributed by atoms with Crippen molar-refractivity contribution in [3.8, 4) is 0 Å². The third-order valence-corrected chi connectivity index (χ3v) is 4.99. The van der Waals surface area contributed by atoms with Crippen molar-refractivity contribution in [3.63, 3.8) is 0 Å². The van der Waals surface area contributed by atoms with Gasteiger partial charge in [-0.15, -0.1) is 0 Å². The van der Waals surface area contributed by atoms with Crippen LogP contribution in [0.1, 0.15) is 52.9 Å². The molecule has 1 saturated heterocycles. The van der Waals surface area contributed by atoms with E-state index in [1.54, 1.807) is 0 Å². The van der Waals surface area contributed by atoms with Gasteiger partial charge in [-0.2, -0.15) is 0 Å². The predicted octanol–water partition coefficient (Wildman–Crippen LogP) is 3.83. The Bertz CT molecular complexity index is 238. The lowest BCUT2D eigenvalue weighted by molar-refractivity contribution is -0.137. The third kappa shape index (κ3) is 4.27. The molecule has 0 aliphatic carbocycles. The molecule has 0 spiro atoms. The predicted molar refractivity (Wildman–Crippen MR) is 76.4 cm³/mol. The molecule has 3 heteroatoms. The summed E-state index contributed by atoms with van der Waals surface area (Å²) in [5.41, 5.74) is 0. The zero-order valence-corrected chi connectivity index (χ0v) is 13.0. The van der Waals surface area contributed by atoms with E-state index in [4.69, 9.17) is 0 Å². The van der Waals surface area contributed by atoms with E-state index in [9.17, 15) is 4.79 Å². The quantitative estimate of drug-likeness (QED) is 0.707. The summed E-state index contributed by atoms with van der Waals surface area (Å²) in [7, 11) is 0. The molecule has 0 aromatic rings. The molecule has 0 bridgehead atoms. The van der Waals surface area contributed by atoms with Crippen LogP contribution in [0.15, 0.2) is 0 Å². The van der Waals surface area contributed by atoms with Gasteiger partial charge >= 0.3 is 0 Å². The zero-order chi connectivity index (χ0) is 12.8. The molecular weight excluding hydrogens is 278 g/mol. The number of rotatable bonds is 5. The molecule has 2 nitrogen and oxygen atoms in total. The average molecular weight is 304 g/mol. The molecule has 0 saturated carbocycles. The number of hydrogen-bond acceptors (Lipinski definition) is 1. The molecule has 1 rings (SSSR count). The fraction of sp³-hybridized carbons (Fsp3) is 0.929. The van der Waals surface area contributed by atoms with E-state index >= 15 is 0 Å². The standard InChI is InChI=1S/C14H26BrNO/c1-4-6-12(7-5-2)14(17)16-9-8-11(3)13(15)10-16/h11-13H,4-10H2,1-3H3. The van der Waals surface area contributed by atoms with Gasteiger partial charge in [0.1, 0.15) is 0 Å². The lowest BCUT2D eigenvalue weighted by Gasteiger charge is -2.36. The van der Waals surface area contributed by atoms with Crippen molar-refractivity contribution in [2.75, 3.05) is 13.1 Å². The van der Waals surface area contributed by atoms with Crippen molar-refractivity contribution < 1.29 is 4.79 Å². The zero-order valence-electron chi connectivity index (χ0n) is 11.4. The summed E-state index contributed by atoms with van der Waals surface area (Å²) < 4.78 is 0. The Balaban J connectivity index is 2.55. The number of halogens is 1. The molecule has 100 valence electrons. The molecule has 1 aliphatic rings. The first-order chi connectivity index (χ1) is 8.10. The highest BCUT2D eigenvalue weighted by Crippen LogP contribution is 2.26. The molecule has 17 heavy (non-hydrogen) atoms. The molecule has 1 heterocycles. The minimum Gasteiger partial charge on any atom is -0.341 e. The molecule has 1 amide bonds. The number of alkyl halides is 1.